The van der Waals surface area contributed by atoms with Gasteiger partial charge < -0.3 is 10.3 Å². The smallest absolute Gasteiger partial charge is 0.258 e. The van der Waals surface area contributed by atoms with Crippen LogP contribution in [0.15, 0.2) is 16.7 Å². The highest BCUT2D eigenvalue weighted by Gasteiger charge is 2.29. The summed E-state index contributed by atoms with van der Waals surface area (Å²) in [6.45, 7) is 10.3. The van der Waals surface area contributed by atoms with E-state index in [9.17, 15) is 0 Å². The van der Waals surface area contributed by atoms with Gasteiger partial charge in [0.25, 0.3) is 5.89 Å². The molecule has 0 saturated carbocycles. The van der Waals surface area contributed by atoms with E-state index in [0.29, 0.717) is 11.7 Å². The molecule has 0 bridgehead atoms. The number of aromatic nitrogens is 2. The van der Waals surface area contributed by atoms with Crippen molar-refractivity contribution in [3.05, 3.63) is 34.6 Å². The van der Waals surface area contributed by atoms with Gasteiger partial charge in [-0.25, -0.2) is 0 Å². The van der Waals surface area contributed by atoms with E-state index in [4.69, 9.17) is 10.3 Å². The van der Waals surface area contributed by atoms with Crippen LogP contribution in [0.2, 0.25) is 0 Å². The first kappa shape index (κ1) is 14.7. The summed E-state index contributed by atoms with van der Waals surface area (Å²) in [4.78, 5) is 4.54. The molecule has 108 valence electrons. The van der Waals surface area contributed by atoms with Crippen molar-refractivity contribution in [3.63, 3.8) is 0 Å². The molecule has 4 heteroatoms. The molecule has 1 heterocycles. The minimum absolute atomic E-state index is 0.506. The van der Waals surface area contributed by atoms with Gasteiger partial charge in [-0.05, 0) is 44.7 Å². The molecule has 0 radical (unpaired) electrons. The third-order valence-corrected chi connectivity index (χ3v) is 4.02. The van der Waals surface area contributed by atoms with Gasteiger partial charge in [-0.1, -0.05) is 36.7 Å². The lowest BCUT2D eigenvalue weighted by Crippen LogP contribution is -2.36. The Morgan fingerprint density at radius 3 is 2.15 bits per heavy atom. The second kappa shape index (κ2) is 5.37. The van der Waals surface area contributed by atoms with Gasteiger partial charge in [0.2, 0.25) is 0 Å². The Kier molecular flexibility index (Phi) is 3.95. The maximum absolute atomic E-state index is 6.32. The van der Waals surface area contributed by atoms with Gasteiger partial charge in [-0.2, -0.15) is 4.98 Å². The largest absolute Gasteiger partial charge is 0.334 e. The van der Waals surface area contributed by atoms with Crippen LogP contribution in [0.3, 0.4) is 0 Å². The topological polar surface area (TPSA) is 64.9 Å². The van der Waals surface area contributed by atoms with Crippen LogP contribution < -0.4 is 5.73 Å². The Morgan fingerprint density at radius 1 is 1.10 bits per heavy atom. The van der Waals surface area contributed by atoms with Crippen molar-refractivity contribution in [2.45, 2.75) is 53.0 Å². The van der Waals surface area contributed by atoms with Crippen molar-refractivity contribution in [3.8, 4) is 11.5 Å². The van der Waals surface area contributed by atoms with Crippen molar-refractivity contribution in [2.75, 3.05) is 0 Å². The minimum atomic E-state index is -0.506. The third-order valence-electron chi connectivity index (χ3n) is 4.02. The van der Waals surface area contributed by atoms with Crippen molar-refractivity contribution >= 4 is 0 Å². The summed E-state index contributed by atoms with van der Waals surface area (Å²) in [5, 5.41) is 4.10. The average molecular weight is 273 g/mol. The van der Waals surface area contributed by atoms with Crippen molar-refractivity contribution in [1.29, 1.82) is 0 Å². The molecule has 2 rings (SSSR count). The number of aryl methyl sites for hydroxylation is 3. The molecule has 0 saturated heterocycles. The SMILES string of the molecule is CCC(N)(CC)c1noc(-c2c(C)cc(C)cc2C)n1. The summed E-state index contributed by atoms with van der Waals surface area (Å²) in [6, 6.07) is 4.25. The molecular weight excluding hydrogens is 250 g/mol. The van der Waals surface area contributed by atoms with E-state index in [1.165, 1.54) is 5.56 Å². The molecule has 20 heavy (non-hydrogen) atoms. The van der Waals surface area contributed by atoms with Gasteiger partial charge in [0, 0.05) is 5.56 Å². The van der Waals surface area contributed by atoms with E-state index < -0.39 is 5.54 Å². The number of benzene rings is 1. The van der Waals surface area contributed by atoms with Crippen LogP contribution in [0, 0.1) is 20.8 Å². The zero-order chi connectivity index (χ0) is 14.9. The highest BCUT2D eigenvalue weighted by Crippen LogP contribution is 2.30. The van der Waals surface area contributed by atoms with Gasteiger partial charge in [0.15, 0.2) is 5.82 Å². The lowest BCUT2D eigenvalue weighted by Gasteiger charge is -2.21. The fourth-order valence-corrected chi connectivity index (χ4v) is 2.61. The Bertz CT molecular complexity index is 589. The van der Waals surface area contributed by atoms with Crippen molar-refractivity contribution in [2.24, 2.45) is 5.73 Å². The summed E-state index contributed by atoms with van der Waals surface area (Å²) in [5.41, 5.74) is 10.4. The Morgan fingerprint density at radius 2 is 1.65 bits per heavy atom. The summed E-state index contributed by atoms with van der Waals surface area (Å²) < 4.78 is 5.46. The van der Waals surface area contributed by atoms with Gasteiger partial charge in [0.05, 0.1) is 5.54 Å². The Labute approximate surface area is 120 Å². The number of nitrogens with zero attached hydrogens (tertiary/aromatic N) is 2. The molecule has 2 aromatic rings. The standard InChI is InChI=1S/C16H23N3O/c1-6-16(17,7-2)15-18-14(20-19-15)13-11(4)8-10(3)9-12(13)5/h8-9H,6-7,17H2,1-5H3. The summed E-state index contributed by atoms with van der Waals surface area (Å²) in [7, 11) is 0. The van der Waals surface area contributed by atoms with Crippen LogP contribution in [-0.4, -0.2) is 10.1 Å². The van der Waals surface area contributed by atoms with Crippen molar-refractivity contribution < 1.29 is 4.52 Å². The number of hydrogen-bond donors (Lipinski definition) is 1. The fraction of sp³-hybridized carbons (Fsp3) is 0.500. The first-order valence-corrected chi connectivity index (χ1v) is 7.12. The lowest BCUT2D eigenvalue weighted by atomic mass is 9.93. The van der Waals surface area contributed by atoms with Gasteiger partial charge in [0.1, 0.15) is 0 Å². The lowest BCUT2D eigenvalue weighted by molar-refractivity contribution is 0.350. The van der Waals surface area contributed by atoms with Crippen LogP contribution in [0.25, 0.3) is 11.5 Å². The minimum Gasteiger partial charge on any atom is -0.334 e. The van der Waals surface area contributed by atoms with E-state index in [0.717, 1.165) is 29.5 Å². The van der Waals surface area contributed by atoms with Crippen LogP contribution in [0.1, 0.15) is 49.2 Å². The van der Waals surface area contributed by atoms with Gasteiger partial charge in [-0.15, -0.1) is 0 Å². The number of rotatable bonds is 4. The molecule has 2 N–H and O–H groups in total. The first-order valence-electron chi connectivity index (χ1n) is 7.12. The maximum atomic E-state index is 6.32. The summed E-state index contributed by atoms with van der Waals surface area (Å²) in [6.07, 6.45) is 1.57. The molecule has 4 nitrogen and oxygen atoms in total. The van der Waals surface area contributed by atoms with E-state index in [1.807, 2.05) is 13.8 Å². The van der Waals surface area contributed by atoms with Crippen LogP contribution in [-0.2, 0) is 5.54 Å². The van der Waals surface area contributed by atoms with Crippen LogP contribution in [0.5, 0.6) is 0 Å². The highest BCUT2D eigenvalue weighted by molar-refractivity contribution is 5.63. The number of nitrogens with two attached hydrogens (primary N) is 1. The molecule has 0 atom stereocenters. The molecule has 0 spiro atoms. The monoisotopic (exact) mass is 273 g/mol. The average Bonchev–Trinajstić information content (AvgIpc) is 2.86. The number of hydrogen-bond acceptors (Lipinski definition) is 4. The second-order valence-corrected chi connectivity index (χ2v) is 5.56. The third kappa shape index (κ3) is 2.48. The van der Waals surface area contributed by atoms with E-state index in [2.05, 4.69) is 43.0 Å². The maximum Gasteiger partial charge on any atom is 0.258 e. The predicted octanol–water partition coefficient (Wildman–Crippen LogP) is 3.64. The van der Waals surface area contributed by atoms with E-state index in [-0.39, 0.29) is 0 Å². The van der Waals surface area contributed by atoms with Crippen LogP contribution in [0.4, 0.5) is 0 Å². The predicted molar refractivity (Wildman–Crippen MR) is 80.4 cm³/mol. The molecule has 0 aliphatic heterocycles. The van der Waals surface area contributed by atoms with Gasteiger partial charge in [-0.3, -0.25) is 0 Å². The second-order valence-electron chi connectivity index (χ2n) is 5.56. The summed E-state index contributed by atoms with van der Waals surface area (Å²) in [5.74, 6) is 1.16. The van der Waals surface area contributed by atoms with Crippen molar-refractivity contribution in [1.82, 2.24) is 10.1 Å². The molecule has 0 aliphatic carbocycles. The Hall–Kier alpha value is -1.68. The molecule has 1 aromatic carbocycles. The highest BCUT2D eigenvalue weighted by atomic mass is 16.5. The van der Waals surface area contributed by atoms with Gasteiger partial charge >= 0.3 is 0 Å². The molecular formula is C16H23N3O. The molecule has 0 unspecified atom stereocenters. The van der Waals surface area contributed by atoms with Crippen LogP contribution >= 0.6 is 0 Å². The zero-order valence-corrected chi connectivity index (χ0v) is 12.9. The molecule has 0 fully saturated rings. The molecule has 1 aromatic heterocycles. The quantitative estimate of drug-likeness (QED) is 0.923. The fourth-order valence-electron chi connectivity index (χ4n) is 2.61. The Balaban J connectivity index is 2.49. The summed E-state index contributed by atoms with van der Waals surface area (Å²) >= 11 is 0. The van der Waals surface area contributed by atoms with E-state index >= 15 is 0 Å². The van der Waals surface area contributed by atoms with E-state index in [1.54, 1.807) is 0 Å². The molecule has 0 aliphatic rings. The zero-order valence-electron chi connectivity index (χ0n) is 12.9. The first-order chi connectivity index (χ1) is 9.41. The molecule has 0 amide bonds. The normalized spacial score (nSPS) is 11.9.